The van der Waals surface area contributed by atoms with Gasteiger partial charge in [-0.1, -0.05) is 200 Å². The first-order valence-corrected chi connectivity index (χ1v) is 22.0. The van der Waals surface area contributed by atoms with Gasteiger partial charge >= 0.3 is 0 Å². The summed E-state index contributed by atoms with van der Waals surface area (Å²) in [5.41, 5.74) is 16.2. The number of aromatic nitrogens is 1. The molecule has 0 atom stereocenters. The Hall–Kier alpha value is -8.46. The molecule has 0 unspecified atom stereocenters. The first-order valence-electron chi connectivity index (χ1n) is 22.0. The van der Waals surface area contributed by atoms with Gasteiger partial charge in [-0.25, -0.2) is 0 Å². The van der Waals surface area contributed by atoms with Crippen molar-refractivity contribution in [3.05, 3.63) is 255 Å². The maximum atomic E-state index is 2.45. The second-order valence-corrected chi connectivity index (χ2v) is 16.5. The third-order valence-corrected chi connectivity index (χ3v) is 12.8. The summed E-state index contributed by atoms with van der Waals surface area (Å²) in [5.74, 6) is 0. The Morgan fingerprint density at radius 3 is 1.53 bits per heavy atom. The van der Waals surface area contributed by atoms with Crippen molar-refractivity contribution in [1.29, 1.82) is 0 Å². The van der Waals surface area contributed by atoms with Gasteiger partial charge in [0.15, 0.2) is 0 Å². The maximum absolute atomic E-state index is 2.45. The van der Waals surface area contributed by atoms with E-state index in [-0.39, 0.29) is 0 Å². The second kappa shape index (κ2) is 15.8. The van der Waals surface area contributed by atoms with Crippen molar-refractivity contribution in [3.63, 3.8) is 0 Å². The summed E-state index contributed by atoms with van der Waals surface area (Å²) in [6.07, 6.45) is 0. The molecule has 0 N–H and O–H groups in total. The molecule has 2 nitrogen and oxygen atoms in total. The molecule has 12 rings (SSSR count). The minimum absolute atomic E-state index is 1.08. The van der Waals surface area contributed by atoms with Crippen LogP contribution in [0.25, 0.3) is 93.5 Å². The first kappa shape index (κ1) is 37.3. The number of para-hydroxylation sites is 3. The largest absolute Gasteiger partial charge is 0.309 e. The minimum atomic E-state index is 1.08. The van der Waals surface area contributed by atoms with Crippen LogP contribution in [0, 0.1) is 0 Å². The minimum Gasteiger partial charge on any atom is -0.309 e. The van der Waals surface area contributed by atoms with Crippen LogP contribution < -0.4 is 4.90 Å². The van der Waals surface area contributed by atoms with Crippen molar-refractivity contribution in [2.75, 3.05) is 4.90 Å². The van der Waals surface area contributed by atoms with Crippen LogP contribution in [-0.2, 0) is 0 Å². The number of hydrogen-bond donors (Lipinski definition) is 0. The van der Waals surface area contributed by atoms with Gasteiger partial charge < -0.3 is 9.47 Å². The molecule has 2 heteroatoms. The Kier molecular flexibility index (Phi) is 9.20. The van der Waals surface area contributed by atoms with Gasteiger partial charge in [0.25, 0.3) is 0 Å². The van der Waals surface area contributed by atoms with Crippen molar-refractivity contribution in [2.45, 2.75) is 0 Å². The molecule has 0 saturated carbocycles. The highest BCUT2D eigenvalue weighted by molar-refractivity contribution is 6.13. The molecule has 0 spiro atoms. The zero-order valence-corrected chi connectivity index (χ0v) is 35.1. The van der Waals surface area contributed by atoms with Crippen LogP contribution in [0.2, 0.25) is 0 Å². The van der Waals surface area contributed by atoms with E-state index in [1.807, 2.05) is 0 Å². The third kappa shape index (κ3) is 6.52. The molecular formula is C62H42N2. The first-order chi connectivity index (χ1) is 31.7. The molecule has 64 heavy (non-hydrogen) atoms. The monoisotopic (exact) mass is 814 g/mol. The molecule has 0 radical (unpaired) electrons. The van der Waals surface area contributed by atoms with Crippen LogP contribution in [0.15, 0.2) is 255 Å². The van der Waals surface area contributed by atoms with Gasteiger partial charge in [-0.05, 0) is 110 Å². The number of rotatable bonds is 8. The molecule has 1 aromatic heterocycles. The molecule has 0 amide bonds. The highest BCUT2D eigenvalue weighted by Crippen LogP contribution is 2.46. The zero-order valence-electron chi connectivity index (χ0n) is 35.1. The predicted octanol–water partition coefficient (Wildman–Crippen LogP) is 17.2. The smallest absolute Gasteiger partial charge is 0.0547 e. The van der Waals surface area contributed by atoms with Crippen LogP contribution in [-0.4, -0.2) is 4.57 Å². The molecule has 0 aliphatic rings. The average Bonchev–Trinajstić information content (AvgIpc) is 3.69. The third-order valence-electron chi connectivity index (χ3n) is 12.8. The Balaban J connectivity index is 1.03. The lowest BCUT2D eigenvalue weighted by Crippen LogP contribution is -2.12. The van der Waals surface area contributed by atoms with Crippen LogP contribution in [0.5, 0.6) is 0 Å². The highest BCUT2D eigenvalue weighted by atomic mass is 15.1. The zero-order chi connectivity index (χ0) is 42.4. The van der Waals surface area contributed by atoms with E-state index in [1.54, 1.807) is 0 Å². The lowest BCUT2D eigenvalue weighted by atomic mass is 9.96. The normalized spacial score (nSPS) is 11.4. The topological polar surface area (TPSA) is 8.17 Å². The molecule has 0 aliphatic carbocycles. The van der Waals surface area contributed by atoms with Crippen molar-refractivity contribution in [1.82, 2.24) is 4.57 Å². The van der Waals surface area contributed by atoms with Gasteiger partial charge in [0, 0.05) is 33.3 Å². The molecule has 0 bridgehead atoms. The van der Waals surface area contributed by atoms with Crippen LogP contribution in [0.4, 0.5) is 17.1 Å². The molecule has 11 aromatic carbocycles. The number of hydrogen-bond acceptors (Lipinski definition) is 1. The van der Waals surface area contributed by atoms with Gasteiger partial charge in [-0.2, -0.15) is 0 Å². The second-order valence-electron chi connectivity index (χ2n) is 16.5. The van der Waals surface area contributed by atoms with E-state index in [0.29, 0.717) is 0 Å². The Bertz CT molecular complexity index is 3650. The van der Waals surface area contributed by atoms with Gasteiger partial charge in [-0.3, -0.25) is 0 Å². The predicted molar refractivity (Wildman–Crippen MR) is 272 cm³/mol. The molecular weight excluding hydrogens is 773 g/mol. The summed E-state index contributed by atoms with van der Waals surface area (Å²) < 4.78 is 2.43. The highest BCUT2D eigenvalue weighted by Gasteiger charge is 2.22. The number of fused-ring (bicyclic) bond motifs is 5. The number of benzene rings is 11. The van der Waals surface area contributed by atoms with Gasteiger partial charge in [-0.15, -0.1) is 0 Å². The van der Waals surface area contributed by atoms with Crippen LogP contribution >= 0.6 is 0 Å². The quantitative estimate of drug-likeness (QED) is 0.148. The Morgan fingerprint density at radius 1 is 0.266 bits per heavy atom. The van der Waals surface area contributed by atoms with Crippen LogP contribution in [0.1, 0.15) is 0 Å². The number of nitrogens with zero attached hydrogens (tertiary/aromatic N) is 2. The maximum Gasteiger partial charge on any atom is 0.0547 e. The number of anilines is 3. The lowest BCUT2D eigenvalue weighted by Gasteiger charge is -2.30. The fourth-order valence-corrected chi connectivity index (χ4v) is 9.72. The summed E-state index contributed by atoms with van der Waals surface area (Å²) in [6, 6.07) is 92.8. The summed E-state index contributed by atoms with van der Waals surface area (Å²) >= 11 is 0. The summed E-state index contributed by atoms with van der Waals surface area (Å²) in [7, 11) is 0. The summed E-state index contributed by atoms with van der Waals surface area (Å²) in [6.45, 7) is 0. The Morgan fingerprint density at radius 2 is 0.766 bits per heavy atom. The van der Waals surface area contributed by atoms with Crippen molar-refractivity contribution < 1.29 is 0 Å². The fourth-order valence-electron chi connectivity index (χ4n) is 9.72. The van der Waals surface area contributed by atoms with E-state index in [4.69, 9.17) is 0 Å². The molecule has 0 aliphatic heterocycles. The van der Waals surface area contributed by atoms with Crippen molar-refractivity contribution >= 4 is 60.4 Å². The molecule has 300 valence electrons. The van der Waals surface area contributed by atoms with Gasteiger partial charge in [0.2, 0.25) is 0 Å². The standard InChI is InChI=1S/C62H42N2/c1-2-16-43(17-3-1)44-32-34-47(35-33-44)55-25-8-11-29-59(55)63(51-38-36-46(37-39-51)54-28-15-21-45-18-6-7-24-53(45)54)60-30-12-9-26-56(60)50-22-14-23-52(40-50)64-61-31-13-10-27-57(61)58-41-48-19-4-5-20-49(48)42-62(58)64/h1-42H. The van der Waals surface area contributed by atoms with E-state index in [2.05, 4.69) is 264 Å². The Labute approximate surface area is 373 Å². The summed E-state index contributed by atoms with van der Waals surface area (Å²) in [4.78, 5) is 2.45. The molecule has 12 aromatic rings. The van der Waals surface area contributed by atoms with Crippen molar-refractivity contribution in [3.8, 4) is 50.2 Å². The van der Waals surface area contributed by atoms with Gasteiger partial charge in [0.05, 0.1) is 22.4 Å². The van der Waals surface area contributed by atoms with Crippen LogP contribution in [0.3, 0.4) is 0 Å². The summed E-state index contributed by atoms with van der Waals surface area (Å²) in [5, 5.41) is 7.48. The van der Waals surface area contributed by atoms with Crippen molar-refractivity contribution in [2.24, 2.45) is 0 Å². The van der Waals surface area contributed by atoms with E-state index < -0.39 is 0 Å². The lowest BCUT2D eigenvalue weighted by molar-refractivity contribution is 1.18. The van der Waals surface area contributed by atoms with E-state index in [1.165, 1.54) is 65.6 Å². The molecule has 0 saturated heterocycles. The van der Waals surface area contributed by atoms with E-state index >= 15 is 0 Å². The average molecular weight is 815 g/mol. The SMILES string of the molecule is c1ccc(-c2ccc(-c3ccccc3N(c3ccc(-c4cccc5ccccc45)cc3)c3ccccc3-c3cccc(-n4c5ccccc5c5cc6ccccc6cc54)c3)cc2)cc1. The fraction of sp³-hybridized carbons (Fsp3) is 0. The van der Waals surface area contributed by atoms with Gasteiger partial charge in [0.1, 0.15) is 0 Å². The van der Waals surface area contributed by atoms with E-state index in [0.717, 1.165) is 45.0 Å². The molecule has 1 heterocycles. The van der Waals surface area contributed by atoms with E-state index in [9.17, 15) is 0 Å². The molecule has 0 fully saturated rings.